The van der Waals surface area contributed by atoms with E-state index in [2.05, 4.69) is 33.1 Å². The van der Waals surface area contributed by atoms with Gasteiger partial charge < -0.3 is 5.32 Å². The monoisotopic (exact) mass is 286 g/mol. The lowest BCUT2D eigenvalue weighted by molar-refractivity contribution is 0.185. The average molecular weight is 287 g/mol. The van der Waals surface area contributed by atoms with Gasteiger partial charge in [0.2, 0.25) is 0 Å². The van der Waals surface area contributed by atoms with E-state index in [4.69, 9.17) is 0 Å². The van der Waals surface area contributed by atoms with Gasteiger partial charge in [-0.15, -0.1) is 0 Å². The number of nitrogens with one attached hydrogen (secondary N) is 1. The van der Waals surface area contributed by atoms with Crippen LogP contribution in [0.4, 0.5) is 4.39 Å². The molecule has 1 atom stereocenters. The zero-order valence-corrected chi connectivity index (χ0v) is 10.9. The van der Waals surface area contributed by atoms with Crippen LogP contribution in [0.2, 0.25) is 0 Å². The molecule has 0 aliphatic carbocycles. The molecule has 1 aromatic rings. The summed E-state index contributed by atoms with van der Waals surface area (Å²) in [5.41, 5.74) is 1.03. The Bertz CT molecular complexity index is 364. The highest BCUT2D eigenvalue weighted by molar-refractivity contribution is 9.10. The third kappa shape index (κ3) is 2.62. The largest absolute Gasteiger partial charge is 0.314 e. The highest BCUT2D eigenvalue weighted by Gasteiger charge is 2.19. The quantitative estimate of drug-likeness (QED) is 0.899. The number of benzene rings is 1. The number of nitrogens with zero attached hydrogens (tertiary/aromatic N) is 1. The van der Waals surface area contributed by atoms with Crippen molar-refractivity contribution in [3.63, 3.8) is 0 Å². The Morgan fingerprint density at radius 3 is 2.75 bits per heavy atom. The lowest BCUT2D eigenvalue weighted by Crippen LogP contribution is -2.44. The zero-order chi connectivity index (χ0) is 11.5. The maximum Gasteiger partial charge on any atom is 0.123 e. The smallest absolute Gasteiger partial charge is 0.123 e. The van der Waals surface area contributed by atoms with E-state index in [-0.39, 0.29) is 11.9 Å². The van der Waals surface area contributed by atoms with E-state index >= 15 is 0 Å². The summed E-state index contributed by atoms with van der Waals surface area (Å²) in [5, 5.41) is 3.32. The first kappa shape index (κ1) is 12.0. The van der Waals surface area contributed by atoms with E-state index in [0.717, 1.165) is 36.2 Å². The molecule has 0 amide bonds. The molecule has 0 unspecified atom stereocenters. The van der Waals surface area contributed by atoms with Crippen LogP contribution in [0.5, 0.6) is 0 Å². The van der Waals surface area contributed by atoms with Crippen LogP contribution in [-0.4, -0.2) is 31.1 Å². The van der Waals surface area contributed by atoms with Crippen molar-refractivity contribution in [3.05, 3.63) is 34.1 Å². The third-order valence-electron chi connectivity index (χ3n) is 3.11. The normalized spacial score (nSPS) is 19.7. The third-order valence-corrected chi connectivity index (χ3v) is 3.83. The molecular weight excluding hydrogens is 271 g/mol. The number of halogens is 2. The van der Waals surface area contributed by atoms with E-state index < -0.39 is 0 Å². The van der Waals surface area contributed by atoms with E-state index in [1.54, 1.807) is 12.1 Å². The Balaban J connectivity index is 2.18. The minimum Gasteiger partial charge on any atom is -0.314 e. The Kier molecular flexibility index (Phi) is 3.95. The molecule has 0 radical (unpaired) electrons. The number of piperazine rings is 1. The molecule has 0 bridgehead atoms. The van der Waals surface area contributed by atoms with E-state index in [9.17, 15) is 4.39 Å². The first-order valence-corrected chi connectivity index (χ1v) is 6.37. The molecule has 0 aromatic heterocycles. The van der Waals surface area contributed by atoms with Gasteiger partial charge in [0.15, 0.2) is 0 Å². The highest BCUT2D eigenvalue weighted by Crippen LogP contribution is 2.28. The molecule has 1 aromatic carbocycles. The fourth-order valence-corrected chi connectivity index (χ4v) is 2.68. The van der Waals surface area contributed by atoms with Gasteiger partial charge in [0, 0.05) is 36.7 Å². The Morgan fingerprint density at radius 2 is 2.06 bits per heavy atom. The lowest BCUT2D eigenvalue weighted by atomic mass is 10.1. The van der Waals surface area contributed by atoms with Crippen molar-refractivity contribution in [2.24, 2.45) is 0 Å². The standard InChI is InChI=1S/C12H16BrFN2/c1-9(16-6-4-15-5-7-16)11-8-10(14)2-3-12(11)13/h2-3,8-9,15H,4-7H2,1H3/t9-/m0/s1. The average Bonchev–Trinajstić information content (AvgIpc) is 2.32. The minimum atomic E-state index is -0.166. The molecule has 2 nitrogen and oxygen atoms in total. The molecule has 2 rings (SSSR count). The molecule has 4 heteroatoms. The van der Waals surface area contributed by atoms with Gasteiger partial charge in [-0.05, 0) is 30.7 Å². The highest BCUT2D eigenvalue weighted by atomic mass is 79.9. The van der Waals surface area contributed by atoms with Crippen LogP contribution in [0.15, 0.2) is 22.7 Å². The van der Waals surface area contributed by atoms with Crippen molar-refractivity contribution in [2.45, 2.75) is 13.0 Å². The SMILES string of the molecule is C[C@@H](c1cc(F)ccc1Br)N1CCNCC1. The van der Waals surface area contributed by atoms with Crippen molar-refractivity contribution in [1.29, 1.82) is 0 Å². The van der Waals surface area contributed by atoms with Crippen molar-refractivity contribution in [2.75, 3.05) is 26.2 Å². The van der Waals surface area contributed by atoms with Crippen LogP contribution in [0.3, 0.4) is 0 Å². The van der Waals surface area contributed by atoms with Gasteiger partial charge >= 0.3 is 0 Å². The van der Waals surface area contributed by atoms with Crippen LogP contribution in [0, 0.1) is 5.82 Å². The maximum atomic E-state index is 13.2. The Morgan fingerprint density at radius 1 is 1.38 bits per heavy atom. The first-order valence-electron chi connectivity index (χ1n) is 5.58. The van der Waals surface area contributed by atoms with Crippen molar-refractivity contribution in [1.82, 2.24) is 10.2 Å². The molecule has 1 N–H and O–H groups in total. The lowest BCUT2D eigenvalue weighted by Gasteiger charge is -2.33. The van der Waals surface area contributed by atoms with Crippen LogP contribution in [0.25, 0.3) is 0 Å². The molecule has 0 saturated carbocycles. The summed E-state index contributed by atoms with van der Waals surface area (Å²) in [6.07, 6.45) is 0. The second-order valence-electron chi connectivity index (χ2n) is 4.13. The van der Waals surface area contributed by atoms with Crippen LogP contribution < -0.4 is 5.32 Å². The van der Waals surface area contributed by atoms with Gasteiger partial charge in [-0.3, -0.25) is 4.90 Å². The zero-order valence-electron chi connectivity index (χ0n) is 9.34. The molecule has 88 valence electrons. The summed E-state index contributed by atoms with van der Waals surface area (Å²) in [6, 6.07) is 5.14. The second kappa shape index (κ2) is 5.25. The number of rotatable bonds is 2. The van der Waals surface area contributed by atoms with Gasteiger partial charge in [0.1, 0.15) is 5.82 Å². The molecule has 1 saturated heterocycles. The Hall–Kier alpha value is -0.450. The van der Waals surface area contributed by atoms with E-state index in [0.29, 0.717) is 0 Å². The fourth-order valence-electron chi connectivity index (χ4n) is 2.10. The Labute approximate surface area is 104 Å². The second-order valence-corrected chi connectivity index (χ2v) is 4.98. The summed E-state index contributed by atoms with van der Waals surface area (Å²) in [5.74, 6) is -0.166. The summed E-state index contributed by atoms with van der Waals surface area (Å²) in [4.78, 5) is 2.37. The minimum absolute atomic E-state index is 0.166. The van der Waals surface area contributed by atoms with E-state index in [1.165, 1.54) is 6.07 Å². The van der Waals surface area contributed by atoms with Gasteiger partial charge in [-0.25, -0.2) is 4.39 Å². The van der Waals surface area contributed by atoms with Crippen LogP contribution in [-0.2, 0) is 0 Å². The number of hydrogen-bond acceptors (Lipinski definition) is 2. The van der Waals surface area contributed by atoms with Crippen LogP contribution in [0.1, 0.15) is 18.5 Å². The molecule has 1 aliphatic heterocycles. The van der Waals surface area contributed by atoms with Crippen molar-refractivity contribution in [3.8, 4) is 0 Å². The molecule has 1 heterocycles. The molecular formula is C12H16BrFN2. The molecule has 1 fully saturated rings. The molecule has 16 heavy (non-hydrogen) atoms. The van der Waals surface area contributed by atoms with Crippen molar-refractivity contribution >= 4 is 15.9 Å². The number of hydrogen-bond donors (Lipinski definition) is 1. The first-order chi connectivity index (χ1) is 7.68. The van der Waals surface area contributed by atoms with E-state index in [1.807, 2.05) is 0 Å². The van der Waals surface area contributed by atoms with Gasteiger partial charge in [-0.1, -0.05) is 15.9 Å². The predicted molar refractivity (Wildman–Crippen MR) is 67.0 cm³/mol. The molecule has 0 spiro atoms. The van der Waals surface area contributed by atoms with Gasteiger partial charge in [0.25, 0.3) is 0 Å². The maximum absolute atomic E-state index is 13.2. The van der Waals surface area contributed by atoms with Crippen LogP contribution >= 0.6 is 15.9 Å². The summed E-state index contributed by atoms with van der Waals surface area (Å²) in [6.45, 7) is 6.19. The topological polar surface area (TPSA) is 15.3 Å². The summed E-state index contributed by atoms with van der Waals surface area (Å²) >= 11 is 3.49. The van der Waals surface area contributed by atoms with Gasteiger partial charge in [0.05, 0.1) is 0 Å². The van der Waals surface area contributed by atoms with Crippen molar-refractivity contribution < 1.29 is 4.39 Å². The predicted octanol–water partition coefficient (Wildman–Crippen LogP) is 2.55. The summed E-state index contributed by atoms with van der Waals surface area (Å²) < 4.78 is 14.2. The summed E-state index contributed by atoms with van der Waals surface area (Å²) in [7, 11) is 0. The fraction of sp³-hybridized carbons (Fsp3) is 0.500. The van der Waals surface area contributed by atoms with Gasteiger partial charge in [-0.2, -0.15) is 0 Å². The molecule has 1 aliphatic rings.